The first-order valence-electron chi connectivity index (χ1n) is 5.02. The Labute approximate surface area is 97.7 Å². The van der Waals surface area contributed by atoms with Gasteiger partial charge in [0.1, 0.15) is 5.82 Å². The van der Waals surface area contributed by atoms with Crippen LogP contribution >= 0.6 is 0 Å². The summed E-state index contributed by atoms with van der Waals surface area (Å²) >= 11 is 0. The molecular weight excluding hydrogens is 219 g/mol. The van der Waals surface area contributed by atoms with Crippen LogP contribution in [0.5, 0.6) is 0 Å². The van der Waals surface area contributed by atoms with Gasteiger partial charge in [-0.2, -0.15) is 5.26 Å². The summed E-state index contributed by atoms with van der Waals surface area (Å²) in [4.78, 5) is 10.5. The predicted octanol–water partition coefficient (Wildman–Crippen LogP) is 2.36. The third kappa shape index (κ3) is 2.40. The third-order valence-electron chi connectivity index (χ3n) is 2.44. The highest BCUT2D eigenvalue weighted by Gasteiger charge is 2.04. The zero-order valence-electron chi connectivity index (χ0n) is 8.93. The first-order valence-corrected chi connectivity index (χ1v) is 5.02. The molecule has 17 heavy (non-hydrogen) atoms. The predicted molar refractivity (Wildman–Crippen MR) is 60.0 cm³/mol. The van der Waals surface area contributed by atoms with Crippen LogP contribution in [-0.2, 0) is 6.54 Å². The van der Waals surface area contributed by atoms with Gasteiger partial charge in [0.15, 0.2) is 6.29 Å². The largest absolute Gasteiger partial charge is 0.349 e. The van der Waals surface area contributed by atoms with E-state index in [1.54, 1.807) is 35.2 Å². The molecule has 0 atom stereocenters. The molecule has 0 aliphatic carbocycles. The topological polar surface area (TPSA) is 45.8 Å². The van der Waals surface area contributed by atoms with Crippen molar-refractivity contribution in [2.75, 3.05) is 0 Å². The summed E-state index contributed by atoms with van der Waals surface area (Å²) in [5.41, 5.74) is 1.34. The van der Waals surface area contributed by atoms with Gasteiger partial charge in [-0.3, -0.25) is 4.79 Å². The van der Waals surface area contributed by atoms with Crippen LogP contribution in [0.2, 0.25) is 0 Å². The third-order valence-corrected chi connectivity index (χ3v) is 2.44. The minimum atomic E-state index is -0.412. The fourth-order valence-corrected chi connectivity index (χ4v) is 1.57. The summed E-state index contributed by atoms with van der Waals surface area (Å²) < 4.78 is 15.3. The molecule has 2 rings (SSSR count). The summed E-state index contributed by atoms with van der Waals surface area (Å²) in [6.45, 7) is 0.339. The van der Waals surface area contributed by atoms with Crippen molar-refractivity contribution in [3.05, 3.63) is 59.2 Å². The van der Waals surface area contributed by atoms with Crippen LogP contribution in [0.1, 0.15) is 21.5 Å². The molecule has 2 aromatic rings. The molecule has 0 saturated carbocycles. The number of carbonyl (C=O) groups is 1. The summed E-state index contributed by atoms with van der Waals surface area (Å²) in [7, 11) is 0. The van der Waals surface area contributed by atoms with Crippen molar-refractivity contribution >= 4 is 6.29 Å². The van der Waals surface area contributed by atoms with E-state index < -0.39 is 5.82 Å². The molecule has 0 aliphatic heterocycles. The molecule has 1 heterocycles. The van der Waals surface area contributed by atoms with Gasteiger partial charge >= 0.3 is 0 Å². The molecule has 0 aliphatic rings. The van der Waals surface area contributed by atoms with Crippen molar-refractivity contribution in [1.82, 2.24) is 4.57 Å². The van der Waals surface area contributed by atoms with Gasteiger partial charge in [0.2, 0.25) is 0 Å². The lowest BCUT2D eigenvalue weighted by atomic mass is 10.1. The highest BCUT2D eigenvalue weighted by molar-refractivity contribution is 5.74. The van der Waals surface area contributed by atoms with Crippen molar-refractivity contribution in [1.29, 1.82) is 5.26 Å². The highest BCUT2D eigenvalue weighted by atomic mass is 19.1. The Morgan fingerprint density at radius 1 is 1.41 bits per heavy atom. The summed E-state index contributed by atoms with van der Waals surface area (Å²) in [6.07, 6.45) is 4.09. The van der Waals surface area contributed by atoms with Crippen molar-refractivity contribution in [2.24, 2.45) is 0 Å². The van der Waals surface area contributed by atoms with E-state index in [1.165, 1.54) is 6.07 Å². The van der Waals surface area contributed by atoms with E-state index in [1.807, 2.05) is 6.07 Å². The summed E-state index contributed by atoms with van der Waals surface area (Å²) in [5.74, 6) is -0.412. The van der Waals surface area contributed by atoms with Gasteiger partial charge in [-0.1, -0.05) is 6.07 Å². The van der Waals surface area contributed by atoms with E-state index in [-0.39, 0.29) is 0 Å². The Kier molecular flexibility index (Phi) is 3.01. The van der Waals surface area contributed by atoms with Crippen molar-refractivity contribution in [3.8, 4) is 6.07 Å². The molecule has 84 valence electrons. The number of nitriles is 1. The Bertz CT molecular complexity index is 596. The maximum Gasteiger partial charge on any atom is 0.151 e. The minimum absolute atomic E-state index is 0.298. The van der Waals surface area contributed by atoms with E-state index in [4.69, 9.17) is 5.26 Å². The monoisotopic (exact) mass is 228 g/mol. The molecule has 0 fully saturated rings. The van der Waals surface area contributed by atoms with E-state index in [9.17, 15) is 9.18 Å². The minimum Gasteiger partial charge on any atom is -0.349 e. The van der Waals surface area contributed by atoms with Gasteiger partial charge in [0, 0.05) is 30.1 Å². The molecule has 0 radical (unpaired) electrons. The number of hydrogen-bond donors (Lipinski definition) is 0. The quantitative estimate of drug-likeness (QED) is 0.757. The average Bonchev–Trinajstić information content (AvgIpc) is 2.79. The summed E-state index contributed by atoms with van der Waals surface area (Å²) in [5, 5.41) is 8.62. The lowest BCUT2D eigenvalue weighted by molar-refractivity contribution is 0.112. The normalized spacial score (nSPS) is 9.88. The second-order valence-electron chi connectivity index (χ2n) is 3.65. The molecule has 0 N–H and O–H groups in total. The van der Waals surface area contributed by atoms with Crippen LogP contribution in [0.15, 0.2) is 36.7 Å². The van der Waals surface area contributed by atoms with E-state index in [0.29, 0.717) is 23.2 Å². The summed E-state index contributed by atoms with van der Waals surface area (Å²) in [6, 6.07) is 7.90. The molecule has 1 aromatic carbocycles. The van der Waals surface area contributed by atoms with E-state index >= 15 is 0 Å². The van der Waals surface area contributed by atoms with Crippen LogP contribution in [0.3, 0.4) is 0 Å². The highest BCUT2D eigenvalue weighted by Crippen LogP contribution is 2.12. The maximum atomic E-state index is 13.6. The fraction of sp³-hybridized carbons (Fsp3) is 0.0769. The zero-order valence-corrected chi connectivity index (χ0v) is 8.93. The first-order chi connectivity index (χ1) is 8.22. The van der Waals surface area contributed by atoms with Crippen LogP contribution in [0.25, 0.3) is 0 Å². The van der Waals surface area contributed by atoms with Crippen molar-refractivity contribution in [2.45, 2.75) is 6.54 Å². The number of aldehydes is 1. The number of halogens is 1. The molecule has 3 nitrogen and oxygen atoms in total. The van der Waals surface area contributed by atoms with Gasteiger partial charge in [0.25, 0.3) is 0 Å². The second kappa shape index (κ2) is 4.62. The van der Waals surface area contributed by atoms with E-state index in [2.05, 4.69) is 0 Å². The molecule has 0 saturated heterocycles. The second-order valence-corrected chi connectivity index (χ2v) is 3.65. The molecule has 0 unspecified atom stereocenters. The Morgan fingerprint density at radius 2 is 2.24 bits per heavy atom. The lowest BCUT2D eigenvalue weighted by Crippen LogP contribution is -1.99. The number of benzene rings is 1. The van der Waals surface area contributed by atoms with Gasteiger partial charge in [0.05, 0.1) is 11.6 Å². The van der Waals surface area contributed by atoms with E-state index in [0.717, 1.165) is 6.29 Å². The van der Waals surface area contributed by atoms with Crippen molar-refractivity contribution in [3.63, 3.8) is 0 Å². The smallest absolute Gasteiger partial charge is 0.151 e. The van der Waals surface area contributed by atoms with Gasteiger partial charge < -0.3 is 4.57 Å². The lowest BCUT2D eigenvalue weighted by Gasteiger charge is -2.04. The average molecular weight is 228 g/mol. The van der Waals surface area contributed by atoms with Gasteiger partial charge in [-0.05, 0) is 18.2 Å². The molecule has 1 aromatic heterocycles. The number of aromatic nitrogens is 1. The Hall–Kier alpha value is -2.41. The Morgan fingerprint density at radius 3 is 2.82 bits per heavy atom. The molecule has 0 amide bonds. The standard InChI is InChI=1S/C13H9FN2O/c14-13-5-10(6-15)1-2-12(13)8-16-4-3-11(7-16)9-17/h1-5,7,9H,8H2. The number of nitrogens with zero attached hydrogens (tertiary/aromatic N) is 2. The molecule has 0 bridgehead atoms. The number of hydrogen-bond acceptors (Lipinski definition) is 2. The molecule has 0 spiro atoms. The van der Waals surface area contributed by atoms with Crippen molar-refractivity contribution < 1.29 is 9.18 Å². The Balaban J connectivity index is 2.24. The van der Waals surface area contributed by atoms with Gasteiger partial charge in [-0.25, -0.2) is 4.39 Å². The van der Waals surface area contributed by atoms with Crippen LogP contribution in [0, 0.1) is 17.1 Å². The van der Waals surface area contributed by atoms with Gasteiger partial charge in [-0.15, -0.1) is 0 Å². The fourth-order valence-electron chi connectivity index (χ4n) is 1.57. The number of rotatable bonds is 3. The first kappa shape index (κ1) is 11.1. The van der Waals surface area contributed by atoms with Crippen LogP contribution < -0.4 is 0 Å². The molecular formula is C13H9FN2O. The van der Waals surface area contributed by atoms with Crippen LogP contribution in [-0.4, -0.2) is 10.9 Å². The number of carbonyl (C=O) groups excluding carboxylic acids is 1. The maximum absolute atomic E-state index is 13.6. The SMILES string of the molecule is N#Cc1ccc(Cn2ccc(C=O)c2)c(F)c1. The molecule has 4 heteroatoms. The van der Waals surface area contributed by atoms with Crippen LogP contribution in [0.4, 0.5) is 4.39 Å². The zero-order chi connectivity index (χ0) is 12.3.